The third kappa shape index (κ3) is 3.88. The van der Waals surface area contributed by atoms with Gasteiger partial charge in [0.2, 0.25) is 0 Å². The second kappa shape index (κ2) is 6.05. The van der Waals surface area contributed by atoms with E-state index in [1.165, 1.54) is 0 Å². The first-order valence-electron chi connectivity index (χ1n) is 6.89. The molecule has 0 atom stereocenters. The van der Waals surface area contributed by atoms with Crippen LogP contribution in [-0.2, 0) is 0 Å². The molecule has 0 unspecified atom stereocenters. The number of carbonyl (C=O) groups is 1. The Balaban J connectivity index is 2.24. The molecular formula is C15H20N4O2. The molecule has 1 aromatic carbocycles. The zero-order valence-corrected chi connectivity index (χ0v) is 12.5. The van der Waals surface area contributed by atoms with Gasteiger partial charge in [0.15, 0.2) is 0 Å². The van der Waals surface area contributed by atoms with Crippen LogP contribution in [0.25, 0.3) is 5.69 Å². The fraction of sp³-hybridized carbons (Fsp3) is 0.400. The van der Waals surface area contributed by atoms with Crippen molar-refractivity contribution >= 4 is 5.91 Å². The molecule has 0 aliphatic rings. The van der Waals surface area contributed by atoms with E-state index in [1.54, 1.807) is 48.0 Å². The topological polar surface area (TPSA) is 71.2 Å². The lowest BCUT2D eigenvalue weighted by atomic mass is 10.1. The predicted octanol–water partition coefficient (Wildman–Crippen LogP) is 1.50. The van der Waals surface area contributed by atoms with Crippen molar-refractivity contribution < 1.29 is 9.90 Å². The maximum Gasteiger partial charge on any atom is 0.254 e. The van der Waals surface area contributed by atoms with Crippen LogP contribution in [0.15, 0.2) is 36.7 Å². The van der Waals surface area contributed by atoms with Crippen molar-refractivity contribution in [1.82, 2.24) is 19.9 Å². The molecule has 1 aromatic heterocycles. The molecule has 2 aromatic rings. The fourth-order valence-electron chi connectivity index (χ4n) is 2.10. The Kier molecular flexibility index (Phi) is 4.37. The lowest BCUT2D eigenvalue weighted by Crippen LogP contribution is -2.42. The van der Waals surface area contributed by atoms with Gasteiger partial charge in [0, 0.05) is 18.7 Å². The molecule has 112 valence electrons. The number of nitrogens with zero attached hydrogens (tertiary/aromatic N) is 4. The van der Waals surface area contributed by atoms with Gasteiger partial charge in [-0.2, -0.15) is 0 Å². The van der Waals surface area contributed by atoms with Crippen molar-refractivity contribution in [2.45, 2.75) is 26.4 Å². The number of aromatic nitrogens is 3. The Morgan fingerprint density at radius 3 is 2.76 bits per heavy atom. The summed E-state index contributed by atoms with van der Waals surface area (Å²) in [6.07, 6.45) is 3.30. The van der Waals surface area contributed by atoms with E-state index in [2.05, 4.69) is 10.3 Å². The van der Waals surface area contributed by atoms with E-state index in [0.29, 0.717) is 12.1 Å². The summed E-state index contributed by atoms with van der Waals surface area (Å²) in [6, 6.07) is 7.19. The maximum atomic E-state index is 12.5. The van der Waals surface area contributed by atoms with E-state index in [4.69, 9.17) is 0 Å². The van der Waals surface area contributed by atoms with E-state index in [9.17, 15) is 9.90 Å². The second-order valence-corrected chi connectivity index (χ2v) is 5.53. The maximum absolute atomic E-state index is 12.5. The molecule has 1 amide bonds. The summed E-state index contributed by atoms with van der Waals surface area (Å²) in [5.74, 6) is -0.110. The molecule has 0 bridgehead atoms. The summed E-state index contributed by atoms with van der Waals surface area (Å²) in [7, 11) is 0. The lowest BCUT2D eigenvalue weighted by Gasteiger charge is -2.28. The normalized spacial score (nSPS) is 11.4. The minimum atomic E-state index is -0.921. The number of carbonyl (C=O) groups excluding carboxylic acids is 1. The van der Waals surface area contributed by atoms with Gasteiger partial charge in [0.05, 0.1) is 23.7 Å². The summed E-state index contributed by atoms with van der Waals surface area (Å²) >= 11 is 0. The van der Waals surface area contributed by atoms with Crippen LogP contribution >= 0.6 is 0 Å². The van der Waals surface area contributed by atoms with Crippen LogP contribution in [0.2, 0.25) is 0 Å². The quantitative estimate of drug-likeness (QED) is 0.905. The van der Waals surface area contributed by atoms with Crippen molar-refractivity contribution in [3.8, 4) is 5.69 Å². The molecule has 0 saturated carbocycles. The molecule has 0 saturated heterocycles. The number of rotatable bonds is 5. The van der Waals surface area contributed by atoms with E-state index in [1.807, 2.05) is 19.1 Å². The molecule has 0 fully saturated rings. The van der Waals surface area contributed by atoms with E-state index in [-0.39, 0.29) is 12.5 Å². The molecule has 6 heteroatoms. The smallest absolute Gasteiger partial charge is 0.254 e. The van der Waals surface area contributed by atoms with E-state index >= 15 is 0 Å². The van der Waals surface area contributed by atoms with Gasteiger partial charge in [-0.1, -0.05) is 11.3 Å². The van der Waals surface area contributed by atoms with Crippen molar-refractivity contribution in [3.05, 3.63) is 42.2 Å². The molecule has 0 aliphatic carbocycles. The minimum absolute atomic E-state index is 0.110. The zero-order chi connectivity index (χ0) is 15.5. The third-order valence-electron chi connectivity index (χ3n) is 3.03. The van der Waals surface area contributed by atoms with Gasteiger partial charge in [-0.05, 0) is 39.0 Å². The summed E-state index contributed by atoms with van der Waals surface area (Å²) in [6.45, 7) is 6.10. The molecule has 1 heterocycles. The van der Waals surface area contributed by atoms with E-state index in [0.717, 1.165) is 5.69 Å². The average molecular weight is 288 g/mol. The van der Waals surface area contributed by atoms with Crippen LogP contribution in [0.4, 0.5) is 0 Å². The highest BCUT2D eigenvalue weighted by Crippen LogP contribution is 2.13. The Labute approximate surface area is 124 Å². The van der Waals surface area contributed by atoms with Crippen molar-refractivity contribution in [3.63, 3.8) is 0 Å². The van der Waals surface area contributed by atoms with Gasteiger partial charge in [0.1, 0.15) is 0 Å². The van der Waals surface area contributed by atoms with E-state index < -0.39 is 5.60 Å². The van der Waals surface area contributed by atoms with Crippen molar-refractivity contribution in [1.29, 1.82) is 0 Å². The third-order valence-corrected chi connectivity index (χ3v) is 3.03. The number of hydrogen-bond acceptors (Lipinski definition) is 4. The SMILES string of the molecule is CCN(CC(C)(C)O)C(=O)c1cccc(-n2ccnn2)c1. The summed E-state index contributed by atoms with van der Waals surface area (Å²) < 4.78 is 1.60. The first-order chi connectivity index (χ1) is 9.90. The molecule has 21 heavy (non-hydrogen) atoms. The van der Waals surface area contributed by atoms with Gasteiger partial charge in [-0.15, -0.1) is 5.10 Å². The Bertz CT molecular complexity index is 602. The highest BCUT2D eigenvalue weighted by Gasteiger charge is 2.22. The number of hydrogen-bond donors (Lipinski definition) is 1. The first kappa shape index (κ1) is 15.2. The second-order valence-electron chi connectivity index (χ2n) is 5.53. The molecule has 0 radical (unpaired) electrons. The summed E-state index contributed by atoms with van der Waals surface area (Å²) in [5.41, 5.74) is 0.418. The van der Waals surface area contributed by atoms with Crippen molar-refractivity contribution in [2.75, 3.05) is 13.1 Å². The molecule has 2 rings (SSSR count). The zero-order valence-electron chi connectivity index (χ0n) is 12.5. The van der Waals surface area contributed by atoms with Gasteiger partial charge < -0.3 is 10.0 Å². The monoisotopic (exact) mass is 288 g/mol. The molecule has 6 nitrogen and oxygen atoms in total. The van der Waals surface area contributed by atoms with Gasteiger partial charge in [0.25, 0.3) is 5.91 Å². The Morgan fingerprint density at radius 1 is 1.43 bits per heavy atom. The lowest BCUT2D eigenvalue weighted by molar-refractivity contribution is 0.0314. The van der Waals surface area contributed by atoms with Gasteiger partial charge in [-0.25, -0.2) is 4.68 Å². The van der Waals surface area contributed by atoms with Crippen LogP contribution in [0.3, 0.4) is 0 Å². The van der Waals surface area contributed by atoms with Gasteiger partial charge >= 0.3 is 0 Å². The number of likely N-dealkylation sites (N-methyl/N-ethyl adjacent to an activating group) is 1. The largest absolute Gasteiger partial charge is 0.389 e. The molecule has 1 N–H and O–H groups in total. The highest BCUT2D eigenvalue weighted by atomic mass is 16.3. The van der Waals surface area contributed by atoms with Crippen LogP contribution in [-0.4, -0.2) is 49.6 Å². The molecular weight excluding hydrogens is 268 g/mol. The number of benzene rings is 1. The number of amides is 1. The Hall–Kier alpha value is -2.21. The minimum Gasteiger partial charge on any atom is -0.389 e. The van der Waals surface area contributed by atoms with Crippen LogP contribution in [0, 0.1) is 0 Å². The first-order valence-corrected chi connectivity index (χ1v) is 6.89. The molecule has 0 aliphatic heterocycles. The average Bonchev–Trinajstić information content (AvgIpc) is 2.97. The Morgan fingerprint density at radius 2 is 2.19 bits per heavy atom. The van der Waals surface area contributed by atoms with Crippen LogP contribution < -0.4 is 0 Å². The standard InChI is InChI=1S/C15H20N4O2/c1-4-18(11-15(2,3)21)14(20)12-6-5-7-13(10-12)19-9-8-16-17-19/h5-10,21H,4,11H2,1-3H3. The fourth-order valence-corrected chi connectivity index (χ4v) is 2.10. The van der Waals surface area contributed by atoms with Crippen LogP contribution in [0.1, 0.15) is 31.1 Å². The van der Waals surface area contributed by atoms with Crippen molar-refractivity contribution in [2.24, 2.45) is 0 Å². The summed E-state index contributed by atoms with van der Waals surface area (Å²) in [5, 5.41) is 17.6. The predicted molar refractivity (Wildman–Crippen MR) is 79.2 cm³/mol. The highest BCUT2D eigenvalue weighted by molar-refractivity contribution is 5.94. The molecule has 0 spiro atoms. The van der Waals surface area contributed by atoms with Gasteiger partial charge in [-0.3, -0.25) is 4.79 Å². The van der Waals surface area contributed by atoms with Crippen LogP contribution in [0.5, 0.6) is 0 Å². The summed E-state index contributed by atoms with van der Waals surface area (Å²) in [4.78, 5) is 14.2. The number of aliphatic hydroxyl groups is 1.